The number of aryl methyl sites for hydroxylation is 2. The Labute approximate surface area is 134 Å². The van der Waals surface area contributed by atoms with Gasteiger partial charge in [-0.2, -0.15) is 0 Å². The van der Waals surface area contributed by atoms with Crippen LogP contribution in [0.1, 0.15) is 27.5 Å². The number of hydrogen-bond donors (Lipinski definition) is 1. The highest BCUT2D eigenvalue weighted by molar-refractivity contribution is 5.96. The van der Waals surface area contributed by atoms with E-state index in [1.165, 1.54) is 12.4 Å². The number of hydrogen-bond acceptors (Lipinski definition) is 7. The highest BCUT2D eigenvalue weighted by atomic mass is 16.5. The molecule has 2 aromatic rings. The lowest BCUT2D eigenvalue weighted by molar-refractivity contribution is 0.0622. The fourth-order valence-corrected chi connectivity index (χ4v) is 2.72. The summed E-state index contributed by atoms with van der Waals surface area (Å²) < 4.78 is 5.20. The third-order valence-electron chi connectivity index (χ3n) is 4.15. The Morgan fingerprint density at radius 3 is 2.52 bits per heavy atom. The second-order valence-corrected chi connectivity index (χ2v) is 5.66. The van der Waals surface area contributed by atoms with Crippen LogP contribution in [0, 0.1) is 13.8 Å². The van der Waals surface area contributed by atoms with Crippen molar-refractivity contribution < 1.29 is 9.32 Å². The smallest absolute Gasteiger partial charge is 0.276 e. The molecule has 0 spiro atoms. The summed E-state index contributed by atoms with van der Waals surface area (Å²) >= 11 is 0. The van der Waals surface area contributed by atoms with E-state index in [1.807, 2.05) is 13.8 Å². The van der Waals surface area contributed by atoms with Gasteiger partial charge in [-0.3, -0.25) is 9.69 Å². The lowest BCUT2D eigenvalue weighted by Crippen LogP contribution is -2.48. The van der Waals surface area contributed by atoms with Gasteiger partial charge in [0, 0.05) is 50.7 Å². The van der Waals surface area contributed by atoms with Crippen LogP contribution in [0.5, 0.6) is 0 Å². The van der Waals surface area contributed by atoms with E-state index in [0.29, 0.717) is 13.1 Å². The van der Waals surface area contributed by atoms with Crippen LogP contribution in [0.4, 0.5) is 5.82 Å². The number of amides is 1. The number of aromatic nitrogens is 3. The van der Waals surface area contributed by atoms with Gasteiger partial charge in [0.25, 0.3) is 5.91 Å². The molecule has 1 saturated heterocycles. The van der Waals surface area contributed by atoms with E-state index in [9.17, 15) is 4.79 Å². The van der Waals surface area contributed by atoms with Gasteiger partial charge in [-0.25, -0.2) is 9.97 Å². The van der Waals surface area contributed by atoms with Gasteiger partial charge in [-0.15, -0.1) is 0 Å². The monoisotopic (exact) mass is 316 g/mol. The fourth-order valence-electron chi connectivity index (χ4n) is 2.72. The maximum atomic E-state index is 12.5. The van der Waals surface area contributed by atoms with Crippen molar-refractivity contribution in [1.29, 1.82) is 0 Å². The molecule has 0 aliphatic carbocycles. The quantitative estimate of drug-likeness (QED) is 0.885. The number of nitrogen functional groups attached to an aromatic ring is 1. The topological polar surface area (TPSA) is 101 Å². The molecule has 2 aromatic heterocycles. The second kappa shape index (κ2) is 6.33. The van der Waals surface area contributed by atoms with Crippen LogP contribution in [-0.4, -0.2) is 57.0 Å². The van der Waals surface area contributed by atoms with Gasteiger partial charge in [-0.1, -0.05) is 5.16 Å². The molecule has 23 heavy (non-hydrogen) atoms. The molecule has 122 valence electrons. The summed E-state index contributed by atoms with van der Waals surface area (Å²) in [5.74, 6) is 0.872. The van der Waals surface area contributed by atoms with E-state index < -0.39 is 0 Å². The summed E-state index contributed by atoms with van der Waals surface area (Å²) in [4.78, 5) is 24.5. The Kier molecular flexibility index (Phi) is 4.24. The molecule has 3 rings (SSSR count). The SMILES string of the molecule is Cc1noc(C)c1CN1CCN(C(=O)c2nccnc2N)CC1. The van der Waals surface area contributed by atoms with E-state index in [-0.39, 0.29) is 17.4 Å². The highest BCUT2D eigenvalue weighted by Gasteiger charge is 2.25. The third-order valence-corrected chi connectivity index (χ3v) is 4.15. The number of carbonyl (C=O) groups is 1. The Hall–Kier alpha value is -2.48. The van der Waals surface area contributed by atoms with Gasteiger partial charge in [-0.05, 0) is 13.8 Å². The molecule has 1 aliphatic heterocycles. The molecular weight excluding hydrogens is 296 g/mol. The molecule has 3 heterocycles. The van der Waals surface area contributed by atoms with Gasteiger partial charge < -0.3 is 15.2 Å². The van der Waals surface area contributed by atoms with Crippen molar-refractivity contribution in [2.75, 3.05) is 31.9 Å². The van der Waals surface area contributed by atoms with Crippen molar-refractivity contribution in [3.8, 4) is 0 Å². The highest BCUT2D eigenvalue weighted by Crippen LogP contribution is 2.17. The molecule has 1 aliphatic rings. The van der Waals surface area contributed by atoms with Crippen molar-refractivity contribution >= 4 is 11.7 Å². The maximum absolute atomic E-state index is 12.5. The number of nitrogens with two attached hydrogens (primary N) is 1. The fraction of sp³-hybridized carbons (Fsp3) is 0.467. The average Bonchev–Trinajstić information content (AvgIpc) is 2.87. The molecule has 0 saturated carbocycles. The minimum atomic E-state index is -0.160. The van der Waals surface area contributed by atoms with Crippen molar-refractivity contribution in [2.24, 2.45) is 0 Å². The van der Waals surface area contributed by atoms with Crippen LogP contribution in [0.25, 0.3) is 0 Å². The normalized spacial score (nSPS) is 15.8. The van der Waals surface area contributed by atoms with Crippen LogP contribution < -0.4 is 5.73 Å². The molecule has 0 bridgehead atoms. The number of nitrogens with zero attached hydrogens (tertiary/aromatic N) is 5. The molecule has 0 radical (unpaired) electrons. The Balaban J connectivity index is 1.60. The summed E-state index contributed by atoms with van der Waals surface area (Å²) in [6, 6.07) is 0. The van der Waals surface area contributed by atoms with Gasteiger partial charge in [0.1, 0.15) is 5.76 Å². The van der Waals surface area contributed by atoms with Crippen LogP contribution >= 0.6 is 0 Å². The van der Waals surface area contributed by atoms with Crippen LogP contribution in [0.15, 0.2) is 16.9 Å². The van der Waals surface area contributed by atoms with Crippen LogP contribution in [0.3, 0.4) is 0 Å². The largest absolute Gasteiger partial charge is 0.382 e. The number of carbonyl (C=O) groups excluding carboxylic acids is 1. The third kappa shape index (κ3) is 3.16. The van der Waals surface area contributed by atoms with Crippen molar-refractivity contribution in [2.45, 2.75) is 20.4 Å². The molecule has 8 heteroatoms. The molecule has 1 fully saturated rings. The lowest BCUT2D eigenvalue weighted by Gasteiger charge is -2.34. The van der Waals surface area contributed by atoms with E-state index in [4.69, 9.17) is 10.3 Å². The Morgan fingerprint density at radius 1 is 1.22 bits per heavy atom. The predicted octanol–water partition coefficient (Wildman–Crippen LogP) is 0.622. The van der Waals surface area contributed by atoms with E-state index in [0.717, 1.165) is 36.7 Å². The van der Waals surface area contributed by atoms with Gasteiger partial charge in [0.05, 0.1) is 5.69 Å². The Morgan fingerprint density at radius 2 is 1.91 bits per heavy atom. The van der Waals surface area contributed by atoms with Crippen molar-refractivity contribution in [3.63, 3.8) is 0 Å². The van der Waals surface area contributed by atoms with Gasteiger partial charge >= 0.3 is 0 Å². The first-order chi connectivity index (χ1) is 11.1. The summed E-state index contributed by atoms with van der Waals surface area (Å²) in [5, 5.41) is 3.98. The standard InChI is InChI=1S/C15H20N6O2/c1-10-12(11(2)23-19-10)9-20-5-7-21(8-6-20)15(22)13-14(16)18-4-3-17-13/h3-4H,5-9H2,1-2H3,(H2,16,18). The molecule has 2 N–H and O–H groups in total. The maximum Gasteiger partial charge on any atom is 0.276 e. The number of anilines is 1. The van der Waals surface area contributed by atoms with E-state index in [1.54, 1.807) is 4.90 Å². The predicted molar refractivity (Wildman–Crippen MR) is 83.6 cm³/mol. The van der Waals surface area contributed by atoms with Crippen LogP contribution in [0.2, 0.25) is 0 Å². The number of piperazine rings is 1. The molecule has 0 unspecified atom stereocenters. The summed E-state index contributed by atoms with van der Waals surface area (Å²) in [7, 11) is 0. The van der Waals surface area contributed by atoms with Crippen molar-refractivity contribution in [1.82, 2.24) is 24.9 Å². The Bertz CT molecular complexity index is 686. The first-order valence-corrected chi connectivity index (χ1v) is 7.56. The first-order valence-electron chi connectivity index (χ1n) is 7.56. The zero-order chi connectivity index (χ0) is 16.4. The molecule has 0 aromatic carbocycles. The number of rotatable bonds is 3. The average molecular weight is 316 g/mol. The first kappa shape index (κ1) is 15.4. The molecule has 0 atom stereocenters. The van der Waals surface area contributed by atoms with Crippen LogP contribution in [-0.2, 0) is 6.54 Å². The van der Waals surface area contributed by atoms with E-state index in [2.05, 4.69) is 20.0 Å². The van der Waals surface area contributed by atoms with Gasteiger partial charge in [0.2, 0.25) is 0 Å². The van der Waals surface area contributed by atoms with Crippen molar-refractivity contribution in [3.05, 3.63) is 35.1 Å². The zero-order valence-corrected chi connectivity index (χ0v) is 13.3. The summed E-state index contributed by atoms with van der Waals surface area (Å²) in [5.41, 5.74) is 8.01. The lowest BCUT2D eigenvalue weighted by atomic mass is 10.1. The minimum absolute atomic E-state index is 0.160. The molecule has 1 amide bonds. The zero-order valence-electron chi connectivity index (χ0n) is 13.3. The van der Waals surface area contributed by atoms with E-state index >= 15 is 0 Å². The summed E-state index contributed by atoms with van der Waals surface area (Å²) in [6.45, 7) is 7.51. The molecule has 8 nitrogen and oxygen atoms in total. The second-order valence-electron chi connectivity index (χ2n) is 5.66. The minimum Gasteiger partial charge on any atom is -0.382 e. The van der Waals surface area contributed by atoms with Gasteiger partial charge in [0.15, 0.2) is 11.5 Å². The summed E-state index contributed by atoms with van der Waals surface area (Å²) in [6.07, 6.45) is 2.96. The molecular formula is C15H20N6O2.